The largest absolute Gasteiger partial charge is 0.416 e. The van der Waals surface area contributed by atoms with E-state index in [9.17, 15) is 18.0 Å². The van der Waals surface area contributed by atoms with Crippen LogP contribution in [0.1, 0.15) is 18.1 Å². The molecule has 1 aromatic rings. The van der Waals surface area contributed by atoms with E-state index < -0.39 is 17.6 Å². The summed E-state index contributed by atoms with van der Waals surface area (Å²) in [7, 11) is 0. The van der Waals surface area contributed by atoms with Crippen LogP contribution in [-0.4, -0.2) is 17.6 Å². The first-order valence-electron chi connectivity index (χ1n) is 6.02. The van der Waals surface area contributed by atoms with E-state index in [2.05, 4.69) is 16.2 Å². The van der Waals surface area contributed by atoms with Gasteiger partial charge in [0.1, 0.15) is 0 Å². The molecule has 114 valence electrons. The highest BCUT2D eigenvalue weighted by Crippen LogP contribution is 2.29. The maximum absolute atomic E-state index is 12.5. The van der Waals surface area contributed by atoms with Crippen molar-refractivity contribution in [2.24, 2.45) is 0 Å². The van der Waals surface area contributed by atoms with Gasteiger partial charge in [-0.05, 0) is 42.9 Å². The normalized spacial score (nSPS) is 11.2. The van der Waals surface area contributed by atoms with Crippen LogP contribution in [0.2, 0.25) is 0 Å². The van der Waals surface area contributed by atoms with Gasteiger partial charge >= 0.3 is 6.18 Å². The van der Waals surface area contributed by atoms with E-state index in [4.69, 9.17) is 12.2 Å². The molecule has 0 radical (unpaired) electrons. The zero-order valence-electron chi connectivity index (χ0n) is 11.1. The number of thiocarbonyl (C=S) groups is 1. The van der Waals surface area contributed by atoms with Crippen molar-refractivity contribution in [3.05, 3.63) is 41.5 Å². The zero-order valence-corrected chi connectivity index (χ0v) is 11.9. The van der Waals surface area contributed by atoms with Crippen LogP contribution < -0.4 is 16.2 Å². The first-order chi connectivity index (χ1) is 9.82. The molecule has 1 aromatic carbocycles. The Hall–Kier alpha value is -2.09. The van der Waals surface area contributed by atoms with Gasteiger partial charge in [0.25, 0.3) is 5.91 Å². The minimum absolute atomic E-state index is 0.248. The molecule has 0 aliphatic carbocycles. The summed E-state index contributed by atoms with van der Waals surface area (Å²) in [6.45, 7) is 2.44. The van der Waals surface area contributed by atoms with Crippen LogP contribution in [0.25, 0.3) is 6.08 Å². The quantitative estimate of drug-likeness (QED) is 0.455. The van der Waals surface area contributed by atoms with E-state index in [0.29, 0.717) is 6.54 Å². The predicted octanol–water partition coefficient (Wildman–Crippen LogP) is 2.23. The first-order valence-corrected chi connectivity index (χ1v) is 6.43. The summed E-state index contributed by atoms with van der Waals surface area (Å²) < 4.78 is 37.5. The van der Waals surface area contributed by atoms with E-state index in [-0.39, 0.29) is 10.7 Å². The second-order valence-corrected chi connectivity index (χ2v) is 4.34. The van der Waals surface area contributed by atoms with E-state index >= 15 is 0 Å². The number of hydrogen-bond donors (Lipinski definition) is 3. The lowest BCUT2D eigenvalue weighted by molar-refractivity contribution is -0.137. The number of benzene rings is 1. The van der Waals surface area contributed by atoms with Gasteiger partial charge in [-0.15, -0.1) is 0 Å². The van der Waals surface area contributed by atoms with E-state index in [1.807, 2.05) is 6.92 Å². The highest BCUT2D eigenvalue weighted by Gasteiger charge is 2.30. The number of rotatable bonds is 3. The van der Waals surface area contributed by atoms with Crippen molar-refractivity contribution in [1.29, 1.82) is 0 Å². The molecule has 8 heteroatoms. The van der Waals surface area contributed by atoms with Crippen LogP contribution in [-0.2, 0) is 11.0 Å². The lowest BCUT2D eigenvalue weighted by Crippen LogP contribution is -2.46. The van der Waals surface area contributed by atoms with E-state index in [1.165, 1.54) is 18.2 Å². The number of halogens is 3. The fourth-order valence-electron chi connectivity index (χ4n) is 1.36. The average molecular weight is 317 g/mol. The molecule has 0 saturated carbocycles. The maximum Gasteiger partial charge on any atom is 0.416 e. The highest BCUT2D eigenvalue weighted by atomic mass is 32.1. The maximum atomic E-state index is 12.5. The molecule has 3 N–H and O–H groups in total. The van der Waals surface area contributed by atoms with Gasteiger partial charge in [0.15, 0.2) is 5.11 Å². The van der Waals surface area contributed by atoms with Gasteiger partial charge in [0.05, 0.1) is 5.56 Å². The second-order valence-electron chi connectivity index (χ2n) is 3.93. The second kappa shape index (κ2) is 7.63. The zero-order chi connectivity index (χ0) is 15.9. The monoisotopic (exact) mass is 317 g/mol. The van der Waals surface area contributed by atoms with Crippen LogP contribution in [0.5, 0.6) is 0 Å². The number of hydrazine groups is 1. The predicted molar refractivity (Wildman–Crippen MR) is 78.0 cm³/mol. The Balaban J connectivity index is 2.60. The molecule has 0 heterocycles. The lowest BCUT2D eigenvalue weighted by atomic mass is 10.1. The minimum Gasteiger partial charge on any atom is -0.362 e. The van der Waals surface area contributed by atoms with Crippen molar-refractivity contribution >= 4 is 29.3 Å². The number of carbonyl (C=O) groups excluding carboxylic acids is 1. The summed E-state index contributed by atoms with van der Waals surface area (Å²) >= 11 is 4.82. The number of alkyl halides is 3. The molecule has 0 aliphatic heterocycles. The Morgan fingerprint density at radius 3 is 2.67 bits per heavy atom. The lowest BCUT2D eigenvalue weighted by Gasteiger charge is -2.08. The van der Waals surface area contributed by atoms with E-state index in [1.54, 1.807) is 0 Å². The standard InChI is InChI=1S/C13H14F3N3OS/c1-2-17-12(21)19-18-11(20)7-6-9-4-3-5-10(8-9)13(14,15)16/h3-8H,2H2,1H3,(H,18,20)(H2,17,19,21)/b7-6+. The van der Waals surface area contributed by atoms with Gasteiger partial charge in [0, 0.05) is 12.6 Å². The summed E-state index contributed by atoms with van der Waals surface area (Å²) in [5.41, 5.74) is 4.23. The molecule has 1 rings (SSSR count). The molecule has 0 spiro atoms. The van der Waals surface area contributed by atoms with Crippen molar-refractivity contribution < 1.29 is 18.0 Å². The van der Waals surface area contributed by atoms with Gasteiger partial charge in [-0.25, -0.2) is 0 Å². The summed E-state index contributed by atoms with van der Waals surface area (Å²) in [6, 6.07) is 4.67. The molecule has 0 atom stereocenters. The van der Waals surface area contributed by atoms with Crippen LogP contribution in [0.3, 0.4) is 0 Å². The van der Waals surface area contributed by atoms with Crippen molar-refractivity contribution in [3.63, 3.8) is 0 Å². The third-order valence-corrected chi connectivity index (χ3v) is 2.52. The summed E-state index contributed by atoms with van der Waals surface area (Å²) in [4.78, 5) is 11.4. The molecular weight excluding hydrogens is 303 g/mol. The fraction of sp³-hybridized carbons (Fsp3) is 0.231. The SMILES string of the molecule is CCNC(=S)NNC(=O)/C=C/c1cccc(C(F)(F)F)c1. The number of amides is 1. The van der Waals surface area contributed by atoms with Crippen molar-refractivity contribution in [2.45, 2.75) is 13.1 Å². The van der Waals surface area contributed by atoms with Gasteiger partial charge in [-0.1, -0.05) is 12.1 Å². The van der Waals surface area contributed by atoms with Crippen LogP contribution >= 0.6 is 12.2 Å². The van der Waals surface area contributed by atoms with Crippen molar-refractivity contribution in [2.75, 3.05) is 6.54 Å². The average Bonchev–Trinajstić information content (AvgIpc) is 2.42. The molecule has 0 aliphatic rings. The Morgan fingerprint density at radius 2 is 2.05 bits per heavy atom. The van der Waals surface area contributed by atoms with Crippen LogP contribution in [0.4, 0.5) is 13.2 Å². The Bertz CT molecular complexity index is 544. The van der Waals surface area contributed by atoms with E-state index in [0.717, 1.165) is 18.2 Å². The molecule has 0 aromatic heterocycles. The number of carbonyl (C=O) groups is 1. The molecule has 0 unspecified atom stereocenters. The molecule has 4 nitrogen and oxygen atoms in total. The third kappa shape index (κ3) is 6.26. The Kier molecular flexibility index (Phi) is 6.16. The summed E-state index contributed by atoms with van der Waals surface area (Å²) in [5, 5.41) is 3.00. The molecule has 0 fully saturated rings. The third-order valence-electron chi connectivity index (χ3n) is 2.28. The van der Waals surface area contributed by atoms with Gasteiger partial charge in [-0.2, -0.15) is 13.2 Å². The molecule has 1 amide bonds. The van der Waals surface area contributed by atoms with Crippen LogP contribution in [0.15, 0.2) is 30.3 Å². The van der Waals surface area contributed by atoms with Crippen molar-refractivity contribution in [1.82, 2.24) is 16.2 Å². The van der Waals surface area contributed by atoms with Gasteiger partial charge in [0.2, 0.25) is 0 Å². The Labute approximate surface area is 125 Å². The highest BCUT2D eigenvalue weighted by molar-refractivity contribution is 7.80. The van der Waals surface area contributed by atoms with Crippen LogP contribution in [0, 0.1) is 0 Å². The summed E-state index contributed by atoms with van der Waals surface area (Å²) in [6.07, 6.45) is -2.02. The van der Waals surface area contributed by atoms with Gasteiger partial charge < -0.3 is 5.32 Å². The molecule has 0 bridgehead atoms. The minimum atomic E-state index is -4.41. The molecular formula is C13H14F3N3OS. The topological polar surface area (TPSA) is 53.2 Å². The first kappa shape index (κ1) is 17.0. The number of hydrogen-bond acceptors (Lipinski definition) is 2. The van der Waals surface area contributed by atoms with Gasteiger partial charge in [-0.3, -0.25) is 15.6 Å². The number of nitrogens with one attached hydrogen (secondary N) is 3. The fourth-order valence-corrected chi connectivity index (χ4v) is 1.55. The Morgan fingerprint density at radius 1 is 1.33 bits per heavy atom. The molecule has 21 heavy (non-hydrogen) atoms. The smallest absolute Gasteiger partial charge is 0.362 e. The van der Waals surface area contributed by atoms with Crippen molar-refractivity contribution in [3.8, 4) is 0 Å². The molecule has 0 saturated heterocycles. The summed E-state index contributed by atoms with van der Waals surface area (Å²) in [5.74, 6) is -0.535.